The second kappa shape index (κ2) is 8.39. The third-order valence-corrected chi connectivity index (χ3v) is 4.08. The molecular weight excluding hydrogens is 361 g/mol. The van der Waals surface area contributed by atoms with Gasteiger partial charge >= 0.3 is 0 Å². The molecule has 0 aliphatic carbocycles. The van der Waals surface area contributed by atoms with E-state index in [0.29, 0.717) is 17.0 Å². The molecule has 0 saturated carbocycles. The van der Waals surface area contributed by atoms with Crippen LogP contribution in [-0.2, 0) is 4.79 Å². The number of aromatic nitrogens is 1. The van der Waals surface area contributed by atoms with Crippen LogP contribution >= 0.6 is 0 Å². The van der Waals surface area contributed by atoms with Crippen molar-refractivity contribution in [1.29, 1.82) is 0 Å². The standard InChI is InChI=1S/C21H20FN3O3/c1-14-6-7-15(2)25(14)24-21(27)16-8-10-19(11-9-16)28-13-20(26)23-18-5-3-4-17(22)12-18/h3-12H,13H2,1-2H3,(H,23,26)(H,24,27). The normalized spacial score (nSPS) is 10.4. The van der Waals surface area contributed by atoms with Crippen LogP contribution in [0.15, 0.2) is 60.7 Å². The first-order valence-electron chi connectivity index (χ1n) is 8.67. The average molecular weight is 381 g/mol. The third-order valence-electron chi connectivity index (χ3n) is 4.08. The van der Waals surface area contributed by atoms with E-state index in [4.69, 9.17) is 4.74 Å². The Morgan fingerprint density at radius 2 is 1.68 bits per heavy atom. The molecule has 0 aliphatic rings. The predicted molar refractivity (Wildman–Crippen MR) is 105 cm³/mol. The predicted octanol–water partition coefficient (Wildman–Crippen LogP) is 3.65. The van der Waals surface area contributed by atoms with Crippen LogP contribution in [0.25, 0.3) is 0 Å². The van der Waals surface area contributed by atoms with Crippen molar-refractivity contribution in [2.24, 2.45) is 0 Å². The van der Waals surface area contributed by atoms with Gasteiger partial charge in [0.1, 0.15) is 11.6 Å². The third kappa shape index (κ3) is 4.76. The Morgan fingerprint density at radius 3 is 2.32 bits per heavy atom. The van der Waals surface area contributed by atoms with Gasteiger partial charge in [0.25, 0.3) is 11.8 Å². The van der Waals surface area contributed by atoms with E-state index >= 15 is 0 Å². The molecule has 1 aromatic heterocycles. The second-order valence-electron chi connectivity index (χ2n) is 6.26. The molecule has 7 heteroatoms. The lowest BCUT2D eigenvalue weighted by Gasteiger charge is -2.12. The Bertz CT molecular complexity index is 977. The van der Waals surface area contributed by atoms with E-state index in [1.807, 2.05) is 26.0 Å². The van der Waals surface area contributed by atoms with Crippen LogP contribution in [0, 0.1) is 19.7 Å². The molecule has 2 aromatic carbocycles. The summed E-state index contributed by atoms with van der Waals surface area (Å²) in [5.41, 5.74) is 5.49. The molecule has 6 nitrogen and oxygen atoms in total. The highest BCUT2D eigenvalue weighted by molar-refractivity contribution is 6.00. The summed E-state index contributed by atoms with van der Waals surface area (Å²) >= 11 is 0. The van der Waals surface area contributed by atoms with Crippen LogP contribution in [0.1, 0.15) is 21.7 Å². The van der Waals surface area contributed by atoms with Gasteiger partial charge in [-0.2, -0.15) is 0 Å². The number of ether oxygens (including phenoxy) is 1. The summed E-state index contributed by atoms with van der Waals surface area (Å²) in [5.74, 6) is -0.652. The molecule has 28 heavy (non-hydrogen) atoms. The highest BCUT2D eigenvalue weighted by Gasteiger charge is 2.10. The number of aryl methyl sites for hydroxylation is 2. The van der Waals surface area contributed by atoms with Crippen molar-refractivity contribution < 1.29 is 18.7 Å². The summed E-state index contributed by atoms with van der Waals surface area (Å²) < 4.78 is 20.2. The van der Waals surface area contributed by atoms with Gasteiger partial charge in [-0.25, -0.2) is 4.39 Å². The zero-order chi connectivity index (χ0) is 20.1. The first-order chi connectivity index (χ1) is 13.4. The lowest BCUT2D eigenvalue weighted by atomic mass is 10.2. The van der Waals surface area contributed by atoms with Crippen LogP contribution in [0.3, 0.4) is 0 Å². The number of amides is 2. The Morgan fingerprint density at radius 1 is 1.00 bits per heavy atom. The first kappa shape index (κ1) is 19.2. The number of carbonyl (C=O) groups excluding carboxylic acids is 2. The number of benzene rings is 2. The van der Waals surface area contributed by atoms with E-state index in [9.17, 15) is 14.0 Å². The summed E-state index contributed by atoms with van der Waals surface area (Å²) in [6.07, 6.45) is 0. The molecule has 0 spiro atoms. The van der Waals surface area contributed by atoms with Crippen molar-refractivity contribution in [3.8, 4) is 5.75 Å². The van der Waals surface area contributed by atoms with Crippen LogP contribution in [0.4, 0.5) is 10.1 Å². The van der Waals surface area contributed by atoms with Crippen LogP contribution < -0.4 is 15.5 Å². The van der Waals surface area contributed by atoms with Crippen molar-refractivity contribution in [2.45, 2.75) is 13.8 Å². The first-order valence-corrected chi connectivity index (χ1v) is 8.67. The molecule has 0 saturated heterocycles. The van der Waals surface area contributed by atoms with E-state index in [1.165, 1.54) is 18.2 Å². The topological polar surface area (TPSA) is 72.4 Å². The quantitative estimate of drug-likeness (QED) is 0.685. The maximum Gasteiger partial charge on any atom is 0.270 e. The average Bonchev–Trinajstić information content (AvgIpc) is 2.99. The molecule has 1 heterocycles. The molecule has 0 bridgehead atoms. The Hall–Kier alpha value is -3.61. The number of anilines is 1. The summed E-state index contributed by atoms with van der Waals surface area (Å²) in [4.78, 5) is 24.2. The number of hydrogen-bond acceptors (Lipinski definition) is 3. The van der Waals surface area contributed by atoms with Crippen molar-refractivity contribution >= 4 is 17.5 Å². The lowest BCUT2D eigenvalue weighted by Crippen LogP contribution is -2.24. The van der Waals surface area contributed by atoms with Crippen molar-refractivity contribution in [1.82, 2.24) is 4.68 Å². The van der Waals surface area contributed by atoms with E-state index in [2.05, 4.69) is 10.7 Å². The monoisotopic (exact) mass is 381 g/mol. The molecule has 0 radical (unpaired) electrons. The number of nitrogens with one attached hydrogen (secondary N) is 2. The molecule has 0 aliphatic heterocycles. The zero-order valence-electron chi connectivity index (χ0n) is 15.5. The summed E-state index contributed by atoms with van der Waals surface area (Å²) in [6, 6.07) is 15.9. The summed E-state index contributed by atoms with van der Waals surface area (Å²) in [6.45, 7) is 3.57. The molecule has 144 valence electrons. The number of hydrogen-bond donors (Lipinski definition) is 2. The van der Waals surface area contributed by atoms with Gasteiger partial charge in [0.15, 0.2) is 6.61 Å². The van der Waals surface area contributed by atoms with Gasteiger partial charge in [-0.05, 0) is 68.4 Å². The van der Waals surface area contributed by atoms with Crippen molar-refractivity contribution in [3.63, 3.8) is 0 Å². The van der Waals surface area contributed by atoms with E-state index in [0.717, 1.165) is 11.4 Å². The smallest absolute Gasteiger partial charge is 0.270 e. The molecule has 0 unspecified atom stereocenters. The molecule has 2 amide bonds. The number of rotatable bonds is 6. The van der Waals surface area contributed by atoms with Crippen LogP contribution in [0.5, 0.6) is 5.75 Å². The second-order valence-corrected chi connectivity index (χ2v) is 6.26. The number of nitrogens with zero attached hydrogens (tertiary/aromatic N) is 1. The van der Waals surface area contributed by atoms with Crippen molar-refractivity contribution in [2.75, 3.05) is 17.3 Å². The van der Waals surface area contributed by atoms with E-state index < -0.39 is 11.7 Å². The lowest BCUT2D eigenvalue weighted by molar-refractivity contribution is -0.118. The maximum absolute atomic E-state index is 13.1. The Kier molecular flexibility index (Phi) is 5.74. The van der Waals surface area contributed by atoms with Crippen molar-refractivity contribution in [3.05, 3.63) is 83.4 Å². The van der Waals surface area contributed by atoms with E-state index in [-0.39, 0.29) is 12.5 Å². The highest BCUT2D eigenvalue weighted by atomic mass is 19.1. The minimum absolute atomic E-state index is 0.232. The molecule has 0 atom stereocenters. The molecule has 2 N–H and O–H groups in total. The minimum Gasteiger partial charge on any atom is -0.484 e. The van der Waals surface area contributed by atoms with Gasteiger partial charge in [-0.3, -0.25) is 19.7 Å². The minimum atomic E-state index is -0.433. The fraction of sp³-hybridized carbons (Fsp3) is 0.143. The zero-order valence-corrected chi connectivity index (χ0v) is 15.5. The largest absolute Gasteiger partial charge is 0.484 e. The molecule has 0 fully saturated rings. The summed E-state index contributed by atoms with van der Waals surface area (Å²) in [7, 11) is 0. The fourth-order valence-electron chi connectivity index (χ4n) is 2.63. The fourth-order valence-corrected chi connectivity index (χ4v) is 2.63. The molecule has 3 rings (SSSR count). The Labute approximate surface area is 161 Å². The number of carbonyl (C=O) groups is 2. The summed E-state index contributed by atoms with van der Waals surface area (Å²) in [5, 5.41) is 2.55. The molecular formula is C21H20FN3O3. The van der Waals surface area contributed by atoms with Crippen LogP contribution in [-0.4, -0.2) is 23.1 Å². The van der Waals surface area contributed by atoms with Gasteiger partial charge in [-0.15, -0.1) is 0 Å². The number of halogens is 1. The van der Waals surface area contributed by atoms with Crippen LogP contribution in [0.2, 0.25) is 0 Å². The van der Waals surface area contributed by atoms with Gasteiger partial charge in [0, 0.05) is 22.6 Å². The Balaban J connectivity index is 1.54. The SMILES string of the molecule is Cc1ccc(C)n1NC(=O)c1ccc(OCC(=O)Nc2cccc(F)c2)cc1. The van der Waals surface area contributed by atoms with Gasteiger partial charge in [0.05, 0.1) is 0 Å². The van der Waals surface area contributed by atoms with Gasteiger partial charge in [0.2, 0.25) is 0 Å². The molecule has 3 aromatic rings. The van der Waals surface area contributed by atoms with E-state index in [1.54, 1.807) is 35.0 Å². The van der Waals surface area contributed by atoms with Gasteiger partial charge in [-0.1, -0.05) is 6.07 Å². The highest BCUT2D eigenvalue weighted by Crippen LogP contribution is 2.14. The maximum atomic E-state index is 13.1. The van der Waals surface area contributed by atoms with Gasteiger partial charge < -0.3 is 10.1 Å².